The van der Waals surface area contributed by atoms with Crippen LogP contribution in [0.15, 0.2) is 12.1 Å². The van der Waals surface area contributed by atoms with Crippen molar-refractivity contribution in [3.8, 4) is 0 Å². The first-order chi connectivity index (χ1) is 9.23. The first kappa shape index (κ1) is 16.7. The minimum atomic E-state index is -3.85. The zero-order chi connectivity index (χ0) is 15.3. The van der Waals surface area contributed by atoms with E-state index in [0.29, 0.717) is 4.88 Å². The average Bonchev–Trinajstić information content (AvgIpc) is 2.75. The number of esters is 1. The van der Waals surface area contributed by atoms with Crippen LogP contribution in [0.1, 0.15) is 24.3 Å². The van der Waals surface area contributed by atoms with E-state index in [9.17, 15) is 19.5 Å². The number of rotatable bonds is 7. The van der Waals surface area contributed by atoms with Crippen molar-refractivity contribution in [1.82, 2.24) is 0 Å². The fourth-order valence-electron chi connectivity index (χ4n) is 1.37. The van der Waals surface area contributed by atoms with Gasteiger partial charge in [-0.2, -0.15) is 0 Å². The molecular weight excluding hydrogens is 309 g/mol. The van der Waals surface area contributed by atoms with Gasteiger partial charge in [0.2, 0.25) is 0 Å². The zero-order valence-corrected chi connectivity index (χ0v) is 12.3. The largest absolute Gasteiger partial charge is 0.466 e. The Morgan fingerprint density at radius 3 is 2.65 bits per heavy atom. The summed E-state index contributed by atoms with van der Waals surface area (Å²) < 4.78 is 21.0. The van der Waals surface area contributed by atoms with E-state index < -0.39 is 24.7 Å². The predicted molar refractivity (Wildman–Crippen MR) is 72.0 cm³/mol. The number of nitro groups is 1. The summed E-state index contributed by atoms with van der Waals surface area (Å²) in [7, 11) is -3.85. The van der Waals surface area contributed by atoms with Crippen LogP contribution in [0.4, 0.5) is 5.00 Å². The highest BCUT2D eigenvalue weighted by atomic mass is 32.1. The third-order valence-electron chi connectivity index (χ3n) is 2.06. The zero-order valence-electron chi connectivity index (χ0n) is 10.6. The van der Waals surface area contributed by atoms with Crippen molar-refractivity contribution < 1.29 is 23.5 Å². The number of hydrogen-bond acceptors (Lipinski definition) is 7. The van der Waals surface area contributed by atoms with E-state index in [1.54, 1.807) is 6.92 Å². The molecule has 1 rings (SSSR count). The predicted octanol–water partition coefficient (Wildman–Crippen LogP) is 1.69. The van der Waals surface area contributed by atoms with Crippen molar-refractivity contribution in [3.63, 3.8) is 0 Å². The van der Waals surface area contributed by atoms with E-state index in [1.165, 1.54) is 12.1 Å². The Hall–Kier alpha value is -1.32. The molecule has 20 heavy (non-hydrogen) atoms. The summed E-state index contributed by atoms with van der Waals surface area (Å²) in [6, 6.07) is 2.64. The Kier molecular flexibility index (Phi) is 5.78. The molecule has 0 aromatic carbocycles. The maximum atomic E-state index is 11.5. The van der Waals surface area contributed by atoms with Crippen LogP contribution < -0.4 is 11.0 Å². The Morgan fingerprint density at radius 1 is 1.55 bits per heavy atom. The van der Waals surface area contributed by atoms with E-state index in [0.717, 1.165) is 11.3 Å². The summed E-state index contributed by atoms with van der Waals surface area (Å²) in [6.45, 7) is 1.79. The molecule has 9 nitrogen and oxygen atoms in total. The average molecular weight is 323 g/mol. The molecule has 11 heteroatoms. The second kappa shape index (κ2) is 6.91. The van der Waals surface area contributed by atoms with E-state index in [1.807, 2.05) is 0 Å². The molecule has 0 saturated heterocycles. The van der Waals surface area contributed by atoms with Crippen LogP contribution in [0.25, 0.3) is 0 Å². The molecule has 0 aliphatic rings. The van der Waals surface area contributed by atoms with Gasteiger partial charge in [0.1, 0.15) is 6.10 Å². The first-order valence-corrected chi connectivity index (χ1v) is 8.06. The van der Waals surface area contributed by atoms with Crippen molar-refractivity contribution in [2.45, 2.75) is 19.4 Å². The molecule has 0 bridgehead atoms. The van der Waals surface area contributed by atoms with Gasteiger partial charge < -0.3 is 4.74 Å². The van der Waals surface area contributed by atoms with E-state index in [2.05, 4.69) is 0 Å². The topological polar surface area (TPSA) is 148 Å². The van der Waals surface area contributed by atoms with Crippen molar-refractivity contribution >= 4 is 30.0 Å². The highest BCUT2D eigenvalue weighted by molar-refractivity contribution is 7.53. The molecule has 0 aliphatic carbocycles. The number of carbonyl (C=O) groups excluding carboxylic acids is 1. The fourth-order valence-corrected chi connectivity index (χ4v) is 2.88. The molecule has 0 saturated carbocycles. The number of ether oxygens (including phenoxy) is 1. The molecular formula is C9H14N3O6PS. The molecule has 0 spiro atoms. The first-order valence-electron chi connectivity index (χ1n) is 5.48. The van der Waals surface area contributed by atoms with Gasteiger partial charge in [0.05, 0.1) is 18.0 Å². The quantitative estimate of drug-likeness (QED) is 0.333. The van der Waals surface area contributed by atoms with Crippen molar-refractivity contribution in [3.05, 3.63) is 27.1 Å². The summed E-state index contributed by atoms with van der Waals surface area (Å²) in [5.74, 6) is -0.609. The van der Waals surface area contributed by atoms with Gasteiger partial charge in [0.15, 0.2) is 0 Å². The molecule has 0 amide bonds. The highest BCUT2D eigenvalue weighted by Crippen LogP contribution is 2.41. The maximum absolute atomic E-state index is 11.5. The SMILES string of the molecule is CCOC(=O)CC(OP(N)(N)=O)c1ccc([N+](=O)[O-])s1. The van der Waals surface area contributed by atoms with Crippen molar-refractivity contribution in [2.24, 2.45) is 11.0 Å². The minimum absolute atomic E-state index is 0.138. The summed E-state index contributed by atoms with van der Waals surface area (Å²) >= 11 is 0.786. The molecule has 112 valence electrons. The summed E-state index contributed by atoms with van der Waals surface area (Å²) in [4.78, 5) is 21.8. The molecule has 4 N–H and O–H groups in total. The monoisotopic (exact) mass is 323 g/mol. The lowest BCUT2D eigenvalue weighted by atomic mass is 10.2. The van der Waals surface area contributed by atoms with Gasteiger partial charge in [-0.25, -0.2) is 11.0 Å². The number of nitrogens with zero attached hydrogens (tertiary/aromatic N) is 1. The van der Waals surface area contributed by atoms with Gasteiger partial charge in [0, 0.05) is 10.9 Å². The Bertz CT molecular complexity index is 542. The molecule has 1 aromatic rings. The van der Waals surface area contributed by atoms with Crippen LogP contribution in [0.2, 0.25) is 0 Å². The third kappa shape index (κ3) is 5.35. The van der Waals surface area contributed by atoms with Gasteiger partial charge in [0.25, 0.3) is 0 Å². The molecule has 1 aromatic heterocycles. The molecule has 0 radical (unpaired) electrons. The normalized spacial score (nSPS) is 12.9. The van der Waals surface area contributed by atoms with E-state index >= 15 is 0 Å². The van der Waals surface area contributed by atoms with Crippen LogP contribution in [-0.2, 0) is 18.6 Å². The van der Waals surface area contributed by atoms with Crippen molar-refractivity contribution in [1.29, 1.82) is 0 Å². The second-order valence-corrected chi connectivity index (χ2v) is 6.28. The lowest BCUT2D eigenvalue weighted by Gasteiger charge is -2.17. The van der Waals surface area contributed by atoms with Crippen LogP contribution in [0.5, 0.6) is 0 Å². The molecule has 1 heterocycles. The second-order valence-electron chi connectivity index (χ2n) is 3.68. The lowest BCUT2D eigenvalue weighted by molar-refractivity contribution is -0.380. The number of carbonyl (C=O) groups is 1. The van der Waals surface area contributed by atoms with Crippen molar-refractivity contribution in [2.75, 3.05) is 6.61 Å². The van der Waals surface area contributed by atoms with E-state index in [4.69, 9.17) is 20.3 Å². The van der Waals surface area contributed by atoms with Gasteiger partial charge in [-0.15, -0.1) is 0 Å². The van der Waals surface area contributed by atoms with Crippen LogP contribution in [-0.4, -0.2) is 17.5 Å². The summed E-state index contributed by atoms with van der Waals surface area (Å²) in [5.41, 5.74) is 10.2. The van der Waals surface area contributed by atoms with Gasteiger partial charge in [-0.05, 0) is 13.0 Å². The summed E-state index contributed by atoms with van der Waals surface area (Å²) in [5, 5.41) is 10.5. The van der Waals surface area contributed by atoms with Gasteiger partial charge in [-0.1, -0.05) is 11.3 Å². The third-order valence-corrected chi connectivity index (χ3v) is 3.77. The highest BCUT2D eigenvalue weighted by Gasteiger charge is 2.27. The Balaban J connectivity index is 2.93. The molecule has 1 atom stereocenters. The van der Waals surface area contributed by atoms with Crippen LogP contribution in [0.3, 0.4) is 0 Å². The number of thiophene rings is 1. The fraction of sp³-hybridized carbons (Fsp3) is 0.444. The van der Waals surface area contributed by atoms with Gasteiger partial charge in [-0.3, -0.25) is 24.0 Å². The lowest BCUT2D eigenvalue weighted by Crippen LogP contribution is -2.16. The minimum Gasteiger partial charge on any atom is -0.466 e. The molecule has 1 unspecified atom stereocenters. The van der Waals surface area contributed by atoms with Gasteiger partial charge >= 0.3 is 18.6 Å². The smallest absolute Gasteiger partial charge is 0.336 e. The number of hydrogen-bond donors (Lipinski definition) is 2. The van der Waals surface area contributed by atoms with Crippen LogP contribution in [0, 0.1) is 10.1 Å². The summed E-state index contributed by atoms with van der Waals surface area (Å²) in [6.07, 6.45) is -1.34. The van der Waals surface area contributed by atoms with Crippen LogP contribution >= 0.6 is 19.0 Å². The molecule has 0 aliphatic heterocycles. The standard InChI is InChI=1S/C9H14N3O6PS/c1-2-17-9(13)5-6(18-19(10,11)16)7-3-4-8(20-7)12(14)15/h3-4,6H,2,5H2,1H3,(H4,10,11,16). The number of nitrogens with two attached hydrogens (primary N) is 2. The Morgan fingerprint density at radius 2 is 2.20 bits per heavy atom. The maximum Gasteiger partial charge on any atom is 0.336 e. The van der Waals surface area contributed by atoms with E-state index in [-0.39, 0.29) is 18.0 Å². The molecule has 0 fully saturated rings. The Labute approximate surface area is 118 Å².